The van der Waals surface area contributed by atoms with Crippen molar-refractivity contribution in [1.29, 1.82) is 0 Å². The van der Waals surface area contributed by atoms with Crippen molar-refractivity contribution in [3.63, 3.8) is 0 Å². The number of carbonyl (C=O) groups is 3. The van der Waals surface area contributed by atoms with Crippen molar-refractivity contribution in [1.82, 2.24) is 10.2 Å². The Labute approximate surface area is 133 Å². The normalized spacial score (nSPS) is 26.1. The number of aliphatic carboxylic acids is 1. The molecule has 2 N–H and O–H groups in total. The molecule has 7 nitrogen and oxygen atoms in total. The van der Waals surface area contributed by atoms with Crippen molar-refractivity contribution in [3.8, 4) is 0 Å². The van der Waals surface area contributed by atoms with Gasteiger partial charge in [-0.2, -0.15) is 0 Å². The van der Waals surface area contributed by atoms with Crippen LogP contribution in [-0.2, 0) is 9.59 Å². The van der Waals surface area contributed by atoms with Gasteiger partial charge in [0.25, 0.3) is 5.91 Å². The molecule has 0 radical (unpaired) electrons. The van der Waals surface area contributed by atoms with E-state index in [1.807, 2.05) is 0 Å². The minimum atomic E-state index is -0.790. The average molecular weight is 320 g/mol. The number of rotatable bonds is 5. The van der Waals surface area contributed by atoms with Crippen LogP contribution in [0.4, 0.5) is 0 Å². The fourth-order valence-corrected chi connectivity index (χ4v) is 3.76. The summed E-state index contributed by atoms with van der Waals surface area (Å²) in [7, 11) is 0. The van der Waals surface area contributed by atoms with Crippen LogP contribution >= 0.6 is 0 Å². The zero-order valence-corrected chi connectivity index (χ0v) is 12.8. The Bertz CT molecular complexity index is 612. The third-order valence-corrected chi connectivity index (χ3v) is 5.02. The summed E-state index contributed by atoms with van der Waals surface area (Å²) < 4.78 is 4.97. The Balaban J connectivity index is 1.50. The first-order valence-electron chi connectivity index (χ1n) is 7.86. The Morgan fingerprint density at radius 2 is 2.26 bits per heavy atom. The maximum absolute atomic E-state index is 12.3. The van der Waals surface area contributed by atoms with Crippen LogP contribution in [0.1, 0.15) is 36.2 Å². The van der Waals surface area contributed by atoms with E-state index in [1.165, 1.54) is 6.26 Å². The topological polar surface area (TPSA) is 99.9 Å². The molecule has 0 unspecified atom stereocenters. The van der Waals surface area contributed by atoms with Gasteiger partial charge in [0.15, 0.2) is 5.76 Å². The van der Waals surface area contributed by atoms with Gasteiger partial charge >= 0.3 is 5.97 Å². The van der Waals surface area contributed by atoms with Crippen LogP contribution in [0.3, 0.4) is 0 Å². The Morgan fingerprint density at radius 1 is 1.43 bits per heavy atom. The molecule has 0 bridgehead atoms. The van der Waals surface area contributed by atoms with E-state index in [0.717, 1.165) is 12.8 Å². The van der Waals surface area contributed by atoms with Crippen LogP contribution in [0.15, 0.2) is 22.8 Å². The molecule has 2 atom stereocenters. The Kier molecular flexibility index (Phi) is 4.11. The molecule has 1 aliphatic carbocycles. The summed E-state index contributed by atoms with van der Waals surface area (Å²) in [6, 6.07) is 3.17. The lowest BCUT2D eigenvalue weighted by Gasteiger charge is -2.23. The monoisotopic (exact) mass is 320 g/mol. The number of hydrogen-bond acceptors (Lipinski definition) is 4. The van der Waals surface area contributed by atoms with E-state index in [2.05, 4.69) is 5.32 Å². The van der Waals surface area contributed by atoms with Crippen LogP contribution in [0, 0.1) is 11.3 Å². The second kappa shape index (κ2) is 6.06. The van der Waals surface area contributed by atoms with Gasteiger partial charge in [-0.1, -0.05) is 6.42 Å². The third-order valence-electron chi connectivity index (χ3n) is 5.02. The van der Waals surface area contributed by atoms with Crippen molar-refractivity contribution in [2.24, 2.45) is 11.3 Å². The summed E-state index contributed by atoms with van der Waals surface area (Å²) in [5, 5.41) is 12.1. The quantitative estimate of drug-likeness (QED) is 0.846. The molecular weight excluding hydrogens is 300 g/mol. The molecule has 3 rings (SSSR count). The zero-order valence-electron chi connectivity index (χ0n) is 12.8. The second-order valence-electron chi connectivity index (χ2n) is 6.31. The summed E-state index contributed by atoms with van der Waals surface area (Å²) in [6.07, 6.45) is 4.00. The fraction of sp³-hybridized carbons (Fsp3) is 0.562. The molecule has 124 valence electrons. The van der Waals surface area contributed by atoms with Crippen molar-refractivity contribution in [2.75, 3.05) is 19.6 Å². The molecule has 2 heterocycles. The SMILES string of the molecule is O=C(NCCC(=O)N1C[C@@H]2CCC[C@@]2(C(=O)O)C1)c1ccco1. The number of nitrogens with zero attached hydrogens (tertiary/aromatic N) is 1. The summed E-state index contributed by atoms with van der Waals surface area (Å²) in [4.78, 5) is 37.2. The van der Waals surface area contributed by atoms with Crippen LogP contribution < -0.4 is 5.32 Å². The summed E-state index contributed by atoms with van der Waals surface area (Å²) in [6.45, 7) is 1.01. The number of likely N-dealkylation sites (tertiary alicyclic amines) is 1. The van der Waals surface area contributed by atoms with Gasteiger partial charge < -0.3 is 19.7 Å². The lowest BCUT2D eigenvalue weighted by atomic mass is 9.81. The first kappa shape index (κ1) is 15.6. The van der Waals surface area contributed by atoms with E-state index in [9.17, 15) is 19.5 Å². The van der Waals surface area contributed by atoms with Crippen molar-refractivity contribution < 1.29 is 23.9 Å². The first-order chi connectivity index (χ1) is 11.0. The molecule has 7 heteroatoms. The van der Waals surface area contributed by atoms with E-state index in [1.54, 1.807) is 17.0 Å². The van der Waals surface area contributed by atoms with E-state index >= 15 is 0 Å². The predicted molar refractivity (Wildman–Crippen MR) is 79.6 cm³/mol. The van der Waals surface area contributed by atoms with Gasteiger partial charge in [0.1, 0.15) is 0 Å². The third kappa shape index (κ3) is 2.83. The standard InChI is InChI=1S/C16H20N2O5/c19-13(5-7-17-14(20)12-4-2-8-23-12)18-9-11-3-1-6-16(11,10-18)15(21)22/h2,4,8,11H,1,3,5-7,9-10H2,(H,17,20)(H,21,22)/t11-,16+/m0/s1. The lowest BCUT2D eigenvalue weighted by Crippen LogP contribution is -2.38. The maximum atomic E-state index is 12.3. The van der Waals surface area contributed by atoms with Crippen molar-refractivity contribution in [2.45, 2.75) is 25.7 Å². The molecule has 2 amide bonds. The van der Waals surface area contributed by atoms with E-state index < -0.39 is 11.4 Å². The predicted octanol–water partition coefficient (Wildman–Crippen LogP) is 1.11. The molecule has 1 aliphatic heterocycles. The molecule has 1 aromatic rings. The highest BCUT2D eigenvalue weighted by molar-refractivity contribution is 5.91. The van der Waals surface area contributed by atoms with Crippen LogP contribution in [0.5, 0.6) is 0 Å². The van der Waals surface area contributed by atoms with Crippen LogP contribution in [0.2, 0.25) is 0 Å². The van der Waals surface area contributed by atoms with Crippen LogP contribution in [-0.4, -0.2) is 47.4 Å². The van der Waals surface area contributed by atoms with E-state index in [0.29, 0.717) is 13.0 Å². The number of carboxylic acid groups (broad SMARTS) is 1. The number of hydrogen-bond donors (Lipinski definition) is 2. The van der Waals surface area contributed by atoms with Crippen molar-refractivity contribution in [3.05, 3.63) is 24.2 Å². The zero-order chi connectivity index (χ0) is 16.4. The smallest absolute Gasteiger partial charge is 0.311 e. The number of amides is 2. The number of furan rings is 1. The van der Waals surface area contributed by atoms with Crippen LogP contribution in [0.25, 0.3) is 0 Å². The Morgan fingerprint density at radius 3 is 2.91 bits per heavy atom. The van der Waals surface area contributed by atoms with Crippen molar-refractivity contribution >= 4 is 17.8 Å². The fourth-order valence-electron chi connectivity index (χ4n) is 3.76. The number of nitrogens with one attached hydrogen (secondary N) is 1. The molecule has 2 fully saturated rings. The van der Waals surface area contributed by atoms with Gasteiger partial charge in [-0.25, -0.2) is 0 Å². The highest BCUT2D eigenvalue weighted by Gasteiger charge is 2.55. The maximum Gasteiger partial charge on any atom is 0.311 e. The lowest BCUT2D eigenvalue weighted by molar-refractivity contribution is -0.149. The van der Waals surface area contributed by atoms with Gasteiger partial charge in [-0.05, 0) is 30.9 Å². The number of carbonyl (C=O) groups excluding carboxylic acids is 2. The summed E-state index contributed by atoms with van der Waals surface area (Å²) in [5.74, 6) is -0.996. The minimum absolute atomic E-state index is 0.0571. The first-order valence-corrected chi connectivity index (χ1v) is 7.86. The molecule has 23 heavy (non-hydrogen) atoms. The van der Waals surface area contributed by atoms with E-state index in [4.69, 9.17) is 4.42 Å². The molecule has 1 saturated carbocycles. The molecule has 2 aliphatic rings. The number of fused-ring (bicyclic) bond motifs is 1. The largest absolute Gasteiger partial charge is 0.481 e. The molecule has 0 aromatic carbocycles. The van der Waals surface area contributed by atoms with Gasteiger partial charge in [0.2, 0.25) is 5.91 Å². The van der Waals surface area contributed by atoms with Gasteiger partial charge in [0.05, 0.1) is 11.7 Å². The molecule has 1 saturated heterocycles. The van der Waals surface area contributed by atoms with Gasteiger partial charge in [-0.3, -0.25) is 14.4 Å². The molecule has 0 spiro atoms. The van der Waals surface area contributed by atoms with E-state index in [-0.39, 0.29) is 43.0 Å². The Hall–Kier alpha value is -2.31. The molecule has 1 aromatic heterocycles. The van der Waals surface area contributed by atoms with Gasteiger partial charge in [0, 0.05) is 26.1 Å². The number of carboxylic acids is 1. The summed E-state index contributed by atoms with van der Waals surface area (Å²) in [5.41, 5.74) is -0.757. The average Bonchev–Trinajstić information content (AvgIpc) is 3.22. The minimum Gasteiger partial charge on any atom is -0.481 e. The molecular formula is C16H20N2O5. The summed E-state index contributed by atoms with van der Waals surface area (Å²) >= 11 is 0. The highest BCUT2D eigenvalue weighted by Crippen LogP contribution is 2.48. The van der Waals surface area contributed by atoms with Gasteiger partial charge in [-0.15, -0.1) is 0 Å². The highest BCUT2D eigenvalue weighted by atomic mass is 16.4. The second-order valence-corrected chi connectivity index (χ2v) is 6.31.